The number of carbonyl (C=O) groups excluding carboxylic acids is 3. The zero-order valence-corrected chi connectivity index (χ0v) is 23.8. The van der Waals surface area contributed by atoms with E-state index < -0.39 is 60.4 Å². The van der Waals surface area contributed by atoms with E-state index in [0.717, 1.165) is 12.3 Å². The summed E-state index contributed by atoms with van der Waals surface area (Å²) >= 11 is 4.93. The molecule has 2 heterocycles. The first-order chi connectivity index (χ1) is 21.5. The van der Waals surface area contributed by atoms with E-state index >= 15 is 13.2 Å². The van der Waals surface area contributed by atoms with Crippen LogP contribution in [0.5, 0.6) is 0 Å². The van der Waals surface area contributed by atoms with Gasteiger partial charge in [-0.1, -0.05) is 66.8 Å². The fourth-order valence-electron chi connectivity index (χ4n) is 4.76. The molecule has 10 nitrogen and oxygen atoms in total. The molecule has 1 fully saturated rings. The number of nitrogens with zero attached hydrogens (tertiary/aromatic N) is 1. The van der Waals surface area contributed by atoms with E-state index in [4.69, 9.17) is 31.2 Å². The van der Waals surface area contributed by atoms with Crippen LogP contribution in [0, 0.1) is 4.64 Å². The zero-order valence-electron chi connectivity index (χ0n) is 23.0. The first-order valence-corrected chi connectivity index (χ1v) is 13.7. The molecule has 0 radical (unpaired) electrons. The number of ether oxygens (including phenoxy) is 4. The number of H-pyrrole nitrogens is 1. The van der Waals surface area contributed by atoms with E-state index in [2.05, 4.69) is 4.98 Å². The van der Waals surface area contributed by atoms with Crippen molar-refractivity contribution in [3.8, 4) is 0 Å². The molecular weight excluding hydrogens is 617 g/mol. The Morgan fingerprint density at radius 1 is 0.822 bits per heavy atom. The Labute approximate surface area is 257 Å². The van der Waals surface area contributed by atoms with E-state index in [1.165, 1.54) is 66.7 Å². The third kappa shape index (κ3) is 6.42. The second kappa shape index (κ2) is 12.9. The number of aromatic amines is 1. The Balaban J connectivity index is 1.65. The van der Waals surface area contributed by atoms with Crippen LogP contribution < -0.4 is 5.69 Å². The molecule has 232 valence electrons. The van der Waals surface area contributed by atoms with Gasteiger partial charge in [0.15, 0.2) is 12.3 Å². The predicted molar refractivity (Wildman–Crippen MR) is 153 cm³/mol. The molecule has 0 saturated carbocycles. The number of nitrogens with one attached hydrogen (secondary N) is 1. The van der Waals surface area contributed by atoms with Gasteiger partial charge in [-0.3, -0.25) is 9.55 Å². The molecule has 1 aromatic heterocycles. The zero-order chi connectivity index (χ0) is 32.2. The van der Waals surface area contributed by atoms with Crippen molar-refractivity contribution in [3.63, 3.8) is 0 Å². The molecule has 4 atom stereocenters. The molecule has 1 N–H and O–H groups in total. The fourth-order valence-corrected chi connectivity index (χ4v) is 4.90. The maximum atomic E-state index is 15.6. The largest absolute Gasteiger partial charge is 0.459 e. The summed E-state index contributed by atoms with van der Waals surface area (Å²) in [4.78, 5) is 54.5. The minimum Gasteiger partial charge on any atom is -0.459 e. The first-order valence-electron chi connectivity index (χ1n) is 13.3. The SMILES string of the molecule is O=C(OC[C@H]1O[C@@H](n2ccc(=S)[nH]c2=O)[C@@](OC(=O)c2ccccc2)(C(F)(F)F)C1OC(=O)c1ccccc1)c1ccccc1. The van der Waals surface area contributed by atoms with Crippen molar-refractivity contribution in [1.29, 1.82) is 0 Å². The number of aromatic nitrogens is 2. The van der Waals surface area contributed by atoms with Gasteiger partial charge >= 0.3 is 29.8 Å². The number of esters is 3. The monoisotopic (exact) mass is 640 g/mol. The minimum atomic E-state index is -5.55. The summed E-state index contributed by atoms with van der Waals surface area (Å²) in [5, 5.41) is 0. The molecule has 5 rings (SSSR count). The minimum absolute atomic E-state index is 0.0781. The molecule has 1 saturated heterocycles. The van der Waals surface area contributed by atoms with Crippen molar-refractivity contribution < 1.29 is 46.5 Å². The molecule has 0 aliphatic carbocycles. The molecule has 3 aromatic carbocycles. The number of rotatable bonds is 8. The summed E-state index contributed by atoms with van der Waals surface area (Å²) < 4.78 is 68.8. The summed E-state index contributed by atoms with van der Waals surface area (Å²) in [5.41, 5.74) is -5.31. The van der Waals surface area contributed by atoms with Crippen LogP contribution >= 0.6 is 12.2 Å². The fraction of sp³-hybridized carbons (Fsp3) is 0.194. The van der Waals surface area contributed by atoms with Crippen LogP contribution in [0.15, 0.2) is 108 Å². The number of carbonyl (C=O) groups is 3. The third-order valence-corrected chi connectivity index (χ3v) is 7.12. The van der Waals surface area contributed by atoms with Crippen LogP contribution in [-0.2, 0) is 18.9 Å². The summed E-state index contributed by atoms with van der Waals surface area (Å²) in [6.45, 7) is -0.894. The van der Waals surface area contributed by atoms with Crippen LogP contribution in [-0.4, -0.2) is 58.1 Å². The van der Waals surface area contributed by atoms with E-state index in [0.29, 0.717) is 4.57 Å². The van der Waals surface area contributed by atoms with Gasteiger partial charge in [-0.25, -0.2) is 19.2 Å². The number of halogens is 3. The van der Waals surface area contributed by atoms with Crippen LogP contribution in [0.3, 0.4) is 0 Å². The Hall–Kier alpha value is -5.08. The maximum Gasteiger partial charge on any atom is 0.436 e. The maximum absolute atomic E-state index is 15.6. The highest BCUT2D eigenvalue weighted by molar-refractivity contribution is 7.71. The predicted octanol–water partition coefficient (Wildman–Crippen LogP) is 5.04. The van der Waals surface area contributed by atoms with Crippen molar-refractivity contribution in [2.75, 3.05) is 6.61 Å². The van der Waals surface area contributed by atoms with Gasteiger partial charge < -0.3 is 18.9 Å². The topological polar surface area (TPSA) is 126 Å². The van der Waals surface area contributed by atoms with Crippen molar-refractivity contribution in [1.82, 2.24) is 9.55 Å². The number of benzene rings is 3. The van der Waals surface area contributed by atoms with E-state index in [-0.39, 0.29) is 21.3 Å². The first kappa shape index (κ1) is 31.3. The van der Waals surface area contributed by atoms with Crippen molar-refractivity contribution in [2.24, 2.45) is 0 Å². The molecule has 1 unspecified atom stereocenters. The molecule has 0 bridgehead atoms. The molecule has 1 aliphatic rings. The highest BCUT2D eigenvalue weighted by atomic mass is 32.1. The lowest BCUT2D eigenvalue weighted by molar-refractivity contribution is -0.302. The lowest BCUT2D eigenvalue weighted by Gasteiger charge is -2.38. The van der Waals surface area contributed by atoms with Crippen molar-refractivity contribution >= 4 is 30.1 Å². The average Bonchev–Trinajstić information content (AvgIpc) is 3.34. The Kier molecular flexibility index (Phi) is 8.97. The molecule has 4 aromatic rings. The van der Waals surface area contributed by atoms with E-state index in [1.807, 2.05) is 0 Å². The Bertz CT molecular complexity index is 1800. The number of hydrogen-bond donors (Lipinski definition) is 1. The highest BCUT2D eigenvalue weighted by Gasteiger charge is 2.76. The van der Waals surface area contributed by atoms with Crippen LogP contribution in [0.25, 0.3) is 0 Å². The van der Waals surface area contributed by atoms with Gasteiger partial charge in [0.1, 0.15) is 17.4 Å². The molecule has 0 amide bonds. The molecule has 14 heteroatoms. The number of hydrogen-bond acceptors (Lipinski definition) is 9. The highest BCUT2D eigenvalue weighted by Crippen LogP contribution is 2.52. The van der Waals surface area contributed by atoms with E-state index in [9.17, 15) is 19.2 Å². The summed E-state index contributed by atoms with van der Waals surface area (Å²) in [7, 11) is 0. The van der Waals surface area contributed by atoms with Crippen LogP contribution in [0.1, 0.15) is 37.3 Å². The average molecular weight is 641 g/mol. The Morgan fingerprint density at radius 3 is 1.84 bits per heavy atom. The van der Waals surface area contributed by atoms with Crippen molar-refractivity contribution in [3.05, 3.63) is 135 Å². The standard InChI is InChI=1S/C31H23F3N2O8S/c32-31(33,34)30(44-27(39)21-14-8-3-9-15-21)24(43-26(38)20-12-6-2-7-13-20)22(18-41-25(37)19-10-4-1-5-11-19)42-28(30)36-17-16-23(45)35-29(36)40/h1-17,22,24,28H,18H2,(H,35,40,45)/t22-,24?,28-,30-/m1/s1. The van der Waals surface area contributed by atoms with Crippen LogP contribution in [0.2, 0.25) is 0 Å². The molecule has 1 aliphatic heterocycles. The number of alkyl halides is 3. The summed E-state index contributed by atoms with van der Waals surface area (Å²) in [5.74, 6) is -3.61. The Morgan fingerprint density at radius 2 is 1.33 bits per heavy atom. The molecular formula is C31H23F3N2O8S. The molecule has 0 spiro atoms. The van der Waals surface area contributed by atoms with E-state index in [1.54, 1.807) is 24.3 Å². The van der Waals surface area contributed by atoms with Gasteiger partial charge in [0.2, 0.25) is 0 Å². The van der Waals surface area contributed by atoms with Gasteiger partial charge in [-0.05, 0) is 42.5 Å². The van der Waals surface area contributed by atoms with Crippen LogP contribution in [0.4, 0.5) is 13.2 Å². The summed E-state index contributed by atoms with van der Waals surface area (Å²) in [6, 6.07) is 22.6. The second-order valence-electron chi connectivity index (χ2n) is 9.75. The normalized spacial score (nSPS) is 21.1. The third-order valence-electron chi connectivity index (χ3n) is 6.88. The second-order valence-corrected chi connectivity index (χ2v) is 10.2. The smallest absolute Gasteiger partial charge is 0.436 e. The molecule has 45 heavy (non-hydrogen) atoms. The van der Waals surface area contributed by atoms with Gasteiger partial charge in [0.05, 0.1) is 16.7 Å². The lowest BCUT2D eigenvalue weighted by atomic mass is 9.91. The van der Waals surface area contributed by atoms with Crippen molar-refractivity contribution in [2.45, 2.75) is 30.2 Å². The quantitative estimate of drug-likeness (QED) is 0.160. The van der Waals surface area contributed by atoms with Gasteiger partial charge in [-0.2, -0.15) is 13.2 Å². The van der Waals surface area contributed by atoms with Gasteiger partial charge in [-0.15, -0.1) is 0 Å². The lowest BCUT2D eigenvalue weighted by Crippen LogP contribution is -2.62. The van der Waals surface area contributed by atoms with Gasteiger partial charge in [0.25, 0.3) is 5.60 Å². The summed E-state index contributed by atoms with van der Waals surface area (Å²) in [6.07, 6.45) is -11.5. The van der Waals surface area contributed by atoms with Gasteiger partial charge in [0, 0.05) is 6.20 Å².